The summed E-state index contributed by atoms with van der Waals surface area (Å²) < 4.78 is 0. The molecule has 0 aliphatic rings. The second-order valence-electron chi connectivity index (χ2n) is 3.77. The lowest BCUT2D eigenvalue weighted by molar-refractivity contribution is -0.123. The smallest absolute Gasteiger partial charge is 0.241 e. The highest BCUT2D eigenvalue weighted by Gasteiger charge is 2.16. The van der Waals surface area contributed by atoms with Crippen LogP contribution in [-0.2, 0) is 9.59 Å². The maximum atomic E-state index is 11.5. The predicted octanol–water partition coefficient (Wildman–Crippen LogP) is -0.158. The number of benzene rings is 1. The molecule has 0 fully saturated rings. The van der Waals surface area contributed by atoms with Crippen LogP contribution in [0.1, 0.15) is 12.0 Å². The second-order valence-corrected chi connectivity index (χ2v) is 3.77. The number of nitrogens with two attached hydrogens (primary N) is 2. The molecule has 0 saturated heterocycles. The first kappa shape index (κ1) is 13.0. The summed E-state index contributed by atoms with van der Waals surface area (Å²) in [6, 6.07) is 3.63. The highest BCUT2D eigenvalue weighted by Crippen LogP contribution is 2.20. The Labute approximate surface area is 98.6 Å². The van der Waals surface area contributed by atoms with Gasteiger partial charge >= 0.3 is 0 Å². The van der Waals surface area contributed by atoms with Gasteiger partial charge in [0.2, 0.25) is 11.8 Å². The van der Waals surface area contributed by atoms with Gasteiger partial charge in [-0.15, -0.1) is 0 Å². The molecule has 6 nitrogen and oxygen atoms in total. The lowest BCUT2D eigenvalue weighted by Gasteiger charge is -2.11. The Hall–Kier alpha value is -2.08. The van der Waals surface area contributed by atoms with E-state index in [1.54, 1.807) is 13.0 Å². The third-order valence-electron chi connectivity index (χ3n) is 2.22. The molecule has 0 radical (unpaired) electrons. The molecule has 1 atom stereocenters. The number of hydrogen-bond donors (Lipinski definition) is 4. The van der Waals surface area contributed by atoms with E-state index in [9.17, 15) is 14.7 Å². The van der Waals surface area contributed by atoms with Gasteiger partial charge < -0.3 is 21.9 Å². The first-order valence-electron chi connectivity index (χ1n) is 5.04. The van der Waals surface area contributed by atoms with Crippen molar-refractivity contribution in [1.82, 2.24) is 0 Å². The number of amides is 2. The van der Waals surface area contributed by atoms with Gasteiger partial charge in [0.1, 0.15) is 5.75 Å². The number of aryl methyl sites for hydroxylation is 1. The van der Waals surface area contributed by atoms with E-state index >= 15 is 0 Å². The first-order valence-corrected chi connectivity index (χ1v) is 5.04. The van der Waals surface area contributed by atoms with E-state index in [2.05, 4.69) is 5.32 Å². The van der Waals surface area contributed by atoms with Crippen LogP contribution in [0.2, 0.25) is 0 Å². The lowest BCUT2D eigenvalue weighted by atomic mass is 10.1. The van der Waals surface area contributed by atoms with Gasteiger partial charge in [0, 0.05) is 5.69 Å². The Morgan fingerprint density at radius 2 is 2.12 bits per heavy atom. The fourth-order valence-electron chi connectivity index (χ4n) is 1.28. The average Bonchev–Trinajstić information content (AvgIpc) is 2.22. The molecule has 0 heterocycles. The van der Waals surface area contributed by atoms with E-state index < -0.39 is 17.9 Å². The summed E-state index contributed by atoms with van der Waals surface area (Å²) in [6.07, 6.45) is -0.205. The number of carbonyl (C=O) groups excluding carboxylic acids is 2. The Balaban J connectivity index is 2.67. The van der Waals surface area contributed by atoms with E-state index in [1.165, 1.54) is 12.1 Å². The molecule has 92 valence electrons. The molecule has 0 saturated carbocycles. The van der Waals surface area contributed by atoms with Crippen LogP contribution in [0, 0.1) is 6.92 Å². The summed E-state index contributed by atoms with van der Waals surface area (Å²) in [7, 11) is 0. The minimum atomic E-state index is -0.971. The van der Waals surface area contributed by atoms with E-state index in [-0.39, 0.29) is 12.2 Å². The number of hydrogen-bond acceptors (Lipinski definition) is 4. The number of anilines is 1. The van der Waals surface area contributed by atoms with Crippen molar-refractivity contribution in [3.63, 3.8) is 0 Å². The summed E-state index contributed by atoms with van der Waals surface area (Å²) in [6.45, 7) is 1.70. The van der Waals surface area contributed by atoms with Crippen LogP contribution >= 0.6 is 0 Å². The Morgan fingerprint density at radius 1 is 1.47 bits per heavy atom. The van der Waals surface area contributed by atoms with Gasteiger partial charge in [0.05, 0.1) is 12.5 Å². The van der Waals surface area contributed by atoms with E-state index in [4.69, 9.17) is 11.5 Å². The van der Waals surface area contributed by atoms with Crippen molar-refractivity contribution in [3.05, 3.63) is 23.8 Å². The van der Waals surface area contributed by atoms with Gasteiger partial charge in [-0.25, -0.2) is 0 Å². The van der Waals surface area contributed by atoms with Gasteiger partial charge in [-0.2, -0.15) is 0 Å². The molecule has 17 heavy (non-hydrogen) atoms. The number of phenols is 1. The molecule has 0 spiro atoms. The molecule has 1 aromatic carbocycles. The zero-order valence-corrected chi connectivity index (χ0v) is 9.43. The van der Waals surface area contributed by atoms with Gasteiger partial charge in [-0.05, 0) is 30.7 Å². The van der Waals surface area contributed by atoms with Crippen LogP contribution in [0.4, 0.5) is 5.69 Å². The number of primary amides is 1. The minimum Gasteiger partial charge on any atom is -0.508 e. The Bertz CT molecular complexity index is 446. The van der Waals surface area contributed by atoms with Crippen LogP contribution < -0.4 is 16.8 Å². The predicted molar refractivity (Wildman–Crippen MR) is 63.3 cm³/mol. The van der Waals surface area contributed by atoms with Crippen molar-refractivity contribution in [2.24, 2.45) is 11.5 Å². The van der Waals surface area contributed by atoms with Crippen LogP contribution in [0.25, 0.3) is 0 Å². The zero-order valence-electron chi connectivity index (χ0n) is 9.43. The molecular weight excluding hydrogens is 222 g/mol. The molecule has 0 aliphatic heterocycles. The molecule has 0 aliphatic carbocycles. The zero-order chi connectivity index (χ0) is 13.0. The fourth-order valence-corrected chi connectivity index (χ4v) is 1.28. The third-order valence-corrected chi connectivity index (χ3v) is 2.22. The van der Waals surface area contributed by atoms with E-state index in [1.807, 2.05) is 0 Å². The first-order chi connectivity index (χ1) is 7.90. The molecule has 0 bridgehead atoms. The summed E-state index contributed by atoms with van der Waals surface area (Å²) in [5.41, 5.74) is 11.5. The molecule has 6 heteroatoms. The molecule has 1 unspecified atom stereocenters. The normalized spacial score (nSPS) is 11.9. The molecule has 6 N–H and O–H groups in total. The van der Waals surface area contributed by atoms with E-state index in [0.717, 1.165) is 0 Å². The number of carbonyl (C=O) groups is 2. The Kier molecular flexibility index (Phi) is 4.06. The average molecular weight is 237 g/mol. The molecular formula is C11H15N3O3. The molecule has 1 aromatic rings. The van der Waals surface area contributed by atoms with Crippen molar-refractivity contribution in [3.8, 4) is 5.75 Å². The minimum absolute atomic E-state index is 0.143. The lowest BCUT2D eigenvalue weighted by Crippen LogP contribution is -2.38. The van der Waals surface area contributed by atoms with Gasteiger partial charge in [-0.1, -0.05) is 0 Å². The number of aromatic hydroxyl groups is 1. The van der Waals surface area contributed by atoms with Crippen molar-refractivity contribution < 1.29 is 14.7 Å². The van der Waals surface area contributed by atoms with E-state index in [0.29, 0.717) is 11.3 Å². The van der Waals surface area contributed by atoms with Gasteiger partial charge in [0.15, 0.2) is 0 Å². The number of nitrogens with one attached hydrogen (secondary N) is 1. The monoisotopic (exact) mass is 237 g/mol. The maximum Gasteiger partial charge on any atom is 0.241 e. The summed E-state index contributed by atoms with van der Waals surface area (Å²) in [4.78, 5) is 22.1. The molecule has 1 rings (SSSR count). The molecule has 0 aromatic heterocycles. The van der Waals surface area contributed by atoms with Crippen molar-refractivity contribution in [2.75, 3.05) is 5.32 Å². The largest absolute Gasteiger partial charge is 0.508 e. The topological polar surface area (TPSA) is 118 Å². The second kappa shape index (κ2) is 5.31. The van der Waals surface area contributed by atoms with Crippen LogP contribution in [0.3, 0.4) is 0 Å². The highest BCUT2D eigenvalue weighted by atomic mass is 16.3. The number of phenolic OH excluding ortho intramolecular Hbond substituents is 1. The summed E-state index contributed by atoms with van der Waals surface area (Å²) in [5.74, 6) is -0.979. The standard InChI is InChI=1S/C11H15N3O3/c1-6-4-7(2-3-9(6)15)14-11(17)8(12)5-10(13)16/h2-4,8,15H,5,12H2,1H3,(H2,13,16)(H,14,17). The highest BCUT2D eigenvalue weighted by molar-refractivity contribution is 5.97. The van der Waals surface area contributed by atoms with Crippen molar-refractivity contribution in [2.45, 2.75) is 19.4 Å². The maximum absolute atomic E-state index is 11.5. The van der Waals surface area contributed by atoms with Crippen LogP contribution in [0.5, 0.6) is 5.75 Å². The van der Waals surface area contributed by atoms with Gasteiger partial charge in [0.25, 0.3) is 0 Å². The van der Waals surface area contributed by atoms with Crippen molar-refractivity contribution in [1.29, 1.82) is 0 Å². The van der Waals surface area contributed by atoms with Crippen molar-refractivity contribution >= 4 is 17.5 Å². The third kappa shape index (κ3) is 3.76. The fraction of sp³-hybridized carbons (Fsp3) is 0.273. The summed E-state index contributed by atoms with van der Waals surface area (Å²) >= 11 is 0. The van der Waals surface area contributed by atoms with Crippen LogP contribution in [-0.4, -0.2) is 23.0 Å². The van der Waals surface area contributed by atoms with Crippen LogP contribution in [0.15, 0.2) is 18.2 Å². The quantitative estimate of drug-likeness (QED) is 0.544. The Morgan fingerprint density at radius 3 is 2.65 bits per heavy atom. The molecule has 2 amide bonds. The summed E-state index contributed by atoms with van der Waals surface area (Å²) in [5, 5.41) is 11.8. The SMILES string of the molecule is Cc1cc(NC(=O)C(N)CC(N)=O)ccc1O. The number of rotatable bonds is 4. The van der Waals surface area contributed by atoms with Gasteiger partial charge in [-0.3, -0.25) is 9.59 Å².